The van der Waals surface area contributed by atoms with Crippen molar-refractivity contribution in [3.63, 3.8) is 0 Å². The molecule has 0 unspecified atom stereocenters. The van der Waals surface area contributed by atoms with Gasteiger partial charge in [0.15, 0.2) is 0 Å². The average Bonchev–Trinajstić information content (AvgIpc) is 2.83. The molecule has 4 rings (SSSR count). The van der Waals surface area contributed by atoms with E-state index >= 15 is 0 Å². The van der Waals surface area contributed by atoms with E-state index in [4.69, 9.17) is 0 Å². The Morgan fingerprint density at radius 1 is 0.581 bits per heavy atom. The molecule has 0 aliphatic rings. The van der Waals surface area contributed by atoms with Crippen LogP contribution < -0.4 is 0 Å². The zero-order valence-corrected chi connectivity index (χ0v) is 18.3. The van der Waals surface area contributed by atoms with Crippen LogP contribution in [0.4, 0.5) is 0 Å². The molecular weight excluding hydrogens is 372 g/mol. The van der Waals surface area contributed by atoms with Gasteiger partial charge in [-0.1, -0.05) is 121 Å². The van der Waals surface area contributed by atoms with Crippen LogP contribution in [0.3, 0.4) is 0 Å². The van der Waals surface area contributed by atoms with E-state index in [1.807, 2.05) is 0 Å². The molecule has 4 aromatic rings. The number of rotatable bonds is 6. The van der Waals surface area contributed by atoms with Crippen molar-refractivity contribution in [3.8, 4) is 22.3 Å². The molecule has 4 aromatic carbocycles. The first-order valence-corrected chi connectivity index (χ1v) is 10.8. The molecule has 0 aliphatic carbocycles. The zero-order chi connectivity index (χ0) is 21.5. The minimum atomic E-state index is 0.903. The highest BCUT2D eigenvalue weighted by Crippen LogP contribution is 2.27. The summed E-state index contributed by atoms with van der Waals surface area (Å²) in [7, 11) is 0. The summed E-state index contributed by atoms with van der Waals surface area (Å²) in [5.74, 6) is 0. The van der Waals surface area contributed by atoms with Gasteiger partial charge in [-0.05, 0) is 65.3 Å². The van der Waals surface area contributed by atoms with E-state index in [1.165, 1.54) is 44.5 Å². The van der Waals surface area contributed by atoms with Crippen molar-refractivity contribution < 1.29 is 0 Å². The Morgan fingerprint density at radius 3 is 1.81 bits per heavy atom. The van der Waals surface area contributed by atoms with E-state index in [0.717, 1.165) is 6.42 Å². The third-order valence-corrected chi connectivity index (χ3v) is 5.34. The van der Waals surface area contributed by atoms with Crippen LogP contribution in [0.15, 0.2) is 127 Å². The van der Waals surface area contributed by atoms with Gasteiger partial charge in [0.05, 0.1) is 0 Å². The van der Waals surface area contributed by atoms with Crippen LogP contribution in [0, 0.1) is 0 Å². The van der Waals surface area contributed by atoms with E-state index in [-0.39, 0.29) is 0 Å². The quantitative estimate of drug-likeness (QED) is 0.284. The van der Waals surface area contributed by atoms with Crippen molar-refractivity contribution in [3.05, 3.63) is 138 Å². The summed E-state index contributed by atoms with van der Waals surface area (Å²) in [6, 6.07) is 38.9. The van der Waals surface area contributed by atoms with Gasteiger partial charge in [-0.3, -0.25) is 0 Å². The van der Waals surface area contributed by atoms with E-state index in [0.29, 0.717) is 0 Å². The summed E-state index contributed by atoms with van der Waals surface area (Å²) in [6.45, 7) is 4.30. The molecule has 0 heteroatoms. The van der Waals surface area contributed by atoms with Crippen molar-refractivity contribution in [1.82, 2.24) is 0 Å². The summed E-state index contributed by atoms with van der Waals surface area (Å²) in [6.07, 6.45) is 5.50. The number of hydrogen-bond acceptors (Lipinski definition) is 0. The van der Waals surface area contributed by atoms with Crippen LogP contribution in [0.1, 0.15) is 25.0 Å². The Balaban J connectivity index is 1.62. The first-order chi connectivity index (χ1) is 15.2. The molecule has 0 atom stereocenters. The molecule has 0 fully saturated rings. The van der Waals surface area contributed by atoms with Crippen LogP contribution in [0.5, 0.6) is 0 Å². The lowest BCUT2D eigenvalue weighted by atomic mass is 9.96. The van der Waals surface area contributed by atoms with Gasteiger partial charge in [0, 0.05) is 0 Å². The van der Waals surface area contributed by atoms with E-state index in [1.54, 1.807) is 0 Å². The second-order valence-corrected chi connectivity index (χ2v) is 8.10. The van der Waals surface area contributed by atoms with Crippen LogP contribution in [-0.2, 0) is 6.42 Å². The van der Waals surface area contributed by atoms with Gasteiger partial charge in [-0.25, -0.2) is 0 Å². The highest BCUT2D eigenvalue weighted by Gasteiger charge is 2.03. The summed E-state index contributed by atoms with van der Waals surface area (Å²) < 4.78 is 0. The van der Waals surface area contributed by atoms with Gasteiger partial charge < -0.3 is 0 Å². The Labute approximate surface area is 186 Å². The highest BCUT2D eigenvalue weighted by atomic mass is 14.1. The second kappa shape index (κ2) is 9.91. The maximum absolute atomic E-state index is 2.34. The molecule has 0 nitrogen and oxygen atoms in total. The smallest absolute Gasteiger partial charge is 0.00880 e. The summed E-state index contributed by atoms with van der Waals surface area (Å²) >= 11 is 0. The lowest BCUT2D eigenvalue weighted by molar-refractivity contribution is 1.27. The molecule has 0 spiro atoms. The van der Waals surface area contributed by atoms with Gasteiger partial charge in [-0.15, -0.1) is 0 Å². The Bertz CT molecular complexity index is 1190. The Morgan fingerprint density at radius 2 is 1.13 bits per heavy atom. The molecule has 0 saturated carbocycles. The highest BCUT2D eigenvalue weighted by molar-refractivity contribution is 5.75. The normalized spacial score (nSPS) is 11.2. The summed E-state index contributed by atoms with van der Waals surface area (Å²) in [5.41, 5.74) is 10.2. The van der Waals surface area contributed by atoms with Crippen LogP contribution in [0.25, 0.3) is 27.8 Å². The van der Waals surface area contributed by atoms with Crippen LogP contribution >= 0.6 is 0 Å². The van der Waals surface area contributed by atoms with Gasteiger partial charge in [0.2, 0.25) is 0 Å². The molecule has 0 radical (unpaired) electrons. The summed E-state index contributed by atoms with van der Waals surface area (Å²) in [4.78, 5) is 0. The first-order valence-electron chi connectivity index (χ1n) is 10.8. The fourth-order valence-corrected chi connectivity index (χ4v) is 3.82. The standard InChI is InChI=1S/C31H28/c1-24(2)21-31(27-14-7-4-8-15-27)20-19-25-11-9-16-28(22-25)30-18-10-17-29(23-30)26-12-5-3-6-13-26/h3-18,20-23H,19H2,1-2H3/b31-20+. The first kappa shape index (κ1) is 20.6. The molecule has 0 heterocycles. The fraction of sp³-hybridized carbons (Fsp3) is 0.0968. The lowest BCUT2D eigenvalue weighted by Crippen LogP contribution is -1.88. The molecule has 0 N–H and O–H groups in total. The maximum atomic E-state index is 2.34. The van der Waals surface area contributed by atoms with Crippen LogP contribution in [-0.4, -0.2) is 0 Å². The van der Waals surface area contributed by atoms with E-state index in [2.05, 4.69) is 135 Å². The topological polar surface area (TPSA) is 0 Å². The molecule has 31 heavy (non-hydrogen) atoms. The predicted molar refractivity (Wildman–Crippen MR) is 135 cm³/mol. The predicted octanol–water partition coefficient (Wildman–Crippen LogP) is 8.61. The summed E-state index contributed by atoms with van der Waals surface area (Å²) in [5, 5.41) is 0. The number of benzene rings is 4. The van der Waals surface area contributed by atoms with Crippen molar-refractivity contribution in [2.45, 2.75) is 20.3 Å². The van der Waals surface area contributed by atoms with Gasteiger partial charge in [0.1, 0.15) is 0 Å². The molecule has 0 aliphatic heterocycles. The number of allylic oxidation sites excluding steroid dienone is 4. The third-order valence-electron chi connectivity index (χ3n) is 5.34. The Kier molecular flexibility index (Phi) is 6.59. The monoisotopic (exact) mass is 400 g/mol. The van der Waals surface area contributed by atoms with Crippen LogP contribution in [0.2, 0.25) is 0 Å². The zero-order valence-electron chi connectivity index (χ0n) is 18.3. The van der Waals surface area contributed by atoms with Crippen molar-refractivity contribution >= 4 is 5.57 Å². The molecule has 0 bridgehead atoms. The minimum absolute atomic E-state index is 0.903. The molecule has 0 saturated heterocycles. The van der Waals surface area contributed by atoms with Gasteiger partial charge in [-0.2, -0.15) is 0 Å². The third kappa shape index (κ3) is 5.49. The fourth-order valence-electron chi connectivity index (χ4n) is 3.82. The molecule has 0 aromatic heterocycles. The van der Waals surface area contributed by atoms with E-state index in [9.17, 15) is 0 Å². The average molecular weight is 401 g/mol. The van der Waals surface area contributed by atoms with Crippen molar-refractivity contribution in [2.75, 3.05) is 0 Å². The molecule has 152 valence electrons. The van der Waals surface area contributed by atoms with Gasteiger partial charge in [0.25, 0.3) is 0 Å². The SMILES string of the molecule is CC(C)=C/C(=C\Cc1cccc(-c2cccc(-c3ccccc3)c2)c1)c1ccccc1. The van der Waals surface area contributed by atoms with E-state index < -0.39 is 0 Å². The van der Waals surface area contributed by atoms with Gasteiger partial charge >= 0.3 is 0 Å². The second-order valence-electron chi connectivity index (χ2n) is 8.10. The molecule has 0 amide bonds. The molecular formula is C31H28. The maximum Gasteiger partial charge on any atom is -0.00880 e. The van der Waals surface area contributed by atoms with Crippen molar-refractivity contribution in [2.24, 2.45) is 0 Å². The lowest BCUT2D eigenvalue weighted by Gasteiger charge is -2.08. The number of hydrogen-bond donors (Lipinski definition) is 0. The minimum Gasteiger partial charge on any atom is -0.0758 e. The Hall–Kier alpha value is -3.64. The largest absolute Gasteiger partial charge is 0.0758 e. The van der Waals surface area contributed by atoms with Crippen molar-refractivity contribution in [1.29, 1.82) is 0 Å².